The number of benzene rings is 1. The van der Waals surface area contributed by atoms with Crippen molar-refractivity contribution in [2.45, 2.75) is 47.6 Å². The van der Waals surface area contributed by atoms with Gasteiger partial charge >= 0.3 is 0 Å². The summed E-state index contributed by atoms with van der Waals surface area (Å²) in [7, 11) is 1.76. The van der Waals surface area contributed by atoms with Crippen LogP contribution >= 0.6 is 0 Å². The fraction of sp³-hybridized carbons (Fsp3) is 0.667. The molecule has 0 radical (unpaired) electrons. The molecule has 0 aliphatic heterocycles. The monoisotopic (exact) mass is 275 g/mol. The molecule has 1 aromatic carbocycles. The summed E-state index contributed by atoms with van der Waals surface area (Å²) in [6.45, 7) is 14.8. The molecular formula is C18H29NO. The molecule has 1 atom stereocenters. The van der Waals surface area contributed by atoms with E-state index in [1.165, 1.54) is 11.1 Å². The van der Waals surface area contributed by atoms with Gasteiger partial charge in [0.1, 0.15) is 5.75 Å². The van der Waals surface area contributed by atoms with Crippen molar-refractivity contribution in [2.24, 2.45) is 16.7 Å². The van der Waals surface area contributed by atoms with Gasteiger partial charge in [-0.3, -0.25) is 0 Å². The highest BCUT2D eigenvalue weighted by atomic mass is 16.5. The maximum atomic E-state index is 5.60. The Bertz CT molecular complexity index is 476. The van der Waals surface area contributed by atoms with Crippen molar-refractivity contribution in [3.05, 3.63) is 29.3 Å². The summed E-state index contributed by atoms with van der Waals surface area (Å²) >= 11 is 0. The third-order valence-electron chi connectivity index (χ3n) is 5.61. The molecule has 0 bridgehead atoms. The molecule has 0 spiro atoms. The Morgan fingerprint density at radius 3 is 2.25 bits per heavy atom. The minimum Gasteiger partial charge on any atom is -0.496 e. The van der Waals surface area contributed by atoms with E-state index in [0.717, 1.165) is 12.3 Å². The minimum absolute atomic E-state index is 0.356. The molecule has 2 heteroatoms. The van der Waals surface area contributed by atoms with Crippen LogP contribution in [0.3, 0.4) is 0 Å². The van der Waals surface area contributed by atoms with Gasteiger partial charge in [-0.05, 0) is 36.3 Å². The average molecular weight is 275 g/mol. The van der Waals surface area contributed by atoms with Gasteiger partial charge in [-0.1, -0.05) is 52.3 Å². The second-order valence-electron chi connectivity index (χ2n) is 7.20. The zero-order chi connectivity index (χ0) is 15.1. The Hall–Kier alpha value is -1.02. The Balaban J connectivity index is 2.43. The highest BCUT2D eigenvalue weighted by molar-refractivity contribution is 5.41. The van der Waals surface area contributed by atoms with Crippen LogP contribution in [0.2, 0.25) is 0 Å². The van der Waals surface area contributed by atoms with E-state index >= 15 is 0 Å². The summed E-state index contributed by atoms with van der Waals surface area (Å²) in [5, 5.41) is 3.69. The van der Waals surface area contributed by atoms with E-state index in [9.17, 15) is 0 Å². The molecule has 1 saturated carbocycles. The van der Waals surface area contributed by atoms with E-state index in [2.05, 4.69) is 65.1 Å². The lowest BCUT2D eigenvalue weighted by Crippen LogP contribution is -2.25. The maximum Gasteiger partial charge on any atom is 0.123 e. The van der Waals surface area contributed by atoms with E-state index in [-0.39, 0.29) is 0 Å². The Morgan fingerprint density at radius 2 is 1.80 bits per heavy atom. The van der Waals surface area contributed by atoms with Crippen LogP contribution in [0.1, 0.15) is 51.8 Å². The maximum absolute atomic E-state index is 5.60. The van der Waals surface area contributed by atoms with E-state index < -0.39 is 0 Å². The van der Waals surface area contributed by atoms with Gasteiger partial charge in [0, 0.05) is 11.6 Å². The molecule has 112 valence electrons. The van der Waals surface area contributed by atoms with Crippen LogP contribution in [0.25, 0.3) is 0 Å². The Morgan fingerprint density at radius 1 is 1.20 bits per heavy atom. The fourth-order valence-corrected chi connectivity index (χ4v) is 3.80. The van der Waals surface area contributed by atoms with Crippen LogP contribution in [0.4, 0.5) is 0 Å². The van der Waals surface area contributed by atoms with E-state index in [1.54, 1.807) is 7.11 Å². The first-order valence-corrected chi connectivity index (χ1v) is 7.65. The first-order valence-electron chi connectivity index (χ1n) is 7.65. The molecule has 1 unspecified atom stereocenters. The highest BCUT2D eigenvalue weighted by Gasteiger charge is 2.67. The van der Waals surface area contributed by atoms with Crippen molar-refractivity contribution in [1.82, 2.24) is 5.32 Å². The molecule has 2 rings (SSSR count). The standard InChI is InChI=1S/C18H29NO/c1-8-19-15(16-17(3,4)18(16,5)6)13-11-12(2)9-10-14(13)20-7/h9-11,15-16,19H,8H2,1-7H3. The zero-order valence-corrected chi connectivity index (χ0v) is 14.0. The van der Waals surface area contributed by atoms with Crippen LogP contribution < -0.4 is 10.1 Å². The molecule has 1 fully saturated rings. The smallest absolute Gasteiger partial charge is 0.123 e. The summed E-state index contributed by atoms with van der Waals surface area (Å²) in [5.74, 6) is 1.63. The number of aryl methyl sites for hydroxylation is 1. The number of hydrogen-bond donors (Lipinski definition) is 1. The van der Waals surface area contributed by atoms with Gasteiger partial charge in [0.15, 0.2) is 0 Å². The molecule has 2 nitrogen and oxygen atoms in total. The van der Waals surface area contributed by atoms with Gasteiger partial charge < -0.3 is 10.1 Å². The minimum atomic E-state index is 0.356. The number of nitrogens with one attached hydrogen (secondary N) is 1. The lowest BCUT2D eigenvalue weighted by atomic mass is 9.94. The van der Waals surface area contributed by atoms with Crippen molar-refractivity contribution in [2.75, 3.05) is 13.7 Å². The SMILES string of the molecule is CCNC(c1cc(C)ccc1OC)C1C(C)(C)C1(C)C. The number of rotatable bonds is 5. The van der Waals surface area contributed by atoms with E-state index in [1.807, 2.05) is 0 Å². The summed E-state index contributed by atoms with van der Waals surface area (Å²) in [6, 6.07) is 6.85. The van der Waals surface area contributed by atoms with Crippen LogP contribution in [0.5, 0.6) is 5.75 Å². The molecule has 1 aromatic rings. The third kappa shape index (κ3) is 2.24. The van der Waals surface area contributed by atoms with Gasteiger partial charge in [-0.2, -0.15) is 0 Å². The summed E-state index contributed by atoms with van der Waals surface area (Å²) in [5.41, 5.74) is 3.31. The summed E-state index contributed by atoms with van der Waals surface area (Å²) < 4.78 is 5.60. The molecule has 20 heavy (non-hydrogen) atoms. The van der Waals surface area contributed by atoms with Gasteiger partial charge in [0.25, 0.3) is 0 Å². The van der Waals surface area contributed by atoms with Gasteiger partial charge in [-0.15, -0.1) is 0 Å². The number of ether oxygens (including phenoxy) is 1. The van der Waals surface area contributed by atoms with Crippen LogP contribution in [-0.2, 0) is 0 Å². The number of hydrogen-bond acceptors (Lipinski definition) is 2. The molecule has 0 amide bonds. The fourth-order valence-electron chi connectivity index (χ4n) is 3.80. The van der Waals surface area contributed by atoms with Crippen LogP contribution in [0.15, 0.2) is 18.2 Å². The normalized spacial score (nSPS) is 21.6. The first kappa shape index (κ1) is 15.4. The molecule has 1 aliphatic rings. The second-order valence-corrected chi connectivity index (χ2v) is 7.20. The van der Waals surface area contributed by atoms with Gasteiger partial charge in [0.2, 0.25) is 0 Å². The predicted molar refractivity (Wildman–Crippen MR) is 85.2 cm³/mol. The molecule has 1 N–H and O–H groups in total. The van der Waals surface area contributed by atoms with E-state index in [4.69, 9.17) is 4.74 Å². The second kappa shape index (κ2) is 5.07. The van der Waals surface area contributed by atoms with Crippen molar-refractivity contribution < 1.29 is 4.74 Å². The zero-order valence-electron chi connectivity index (χ0n) is 14.0. The predicted octanol–water partition coefficient (Wildman–Crippen LogP) is 4.34. The molecule has 0 heterocycles. The van der Waals surface area contributed by atoms with Gasteiger partial charge in [-0.25, -0.2) is 0 Å². The van der Waals surface area contributed by atoms with E-state index in [0.29, 0.717) is 22.8 Å². The quantitative estimate of drug-likeness (QED) is 0.863. The van der Waals surface area contributed by atoms with Crippen molar-refractivity contribution in [3.8, 4) is 5.75 Å². The Labute approximate surface area is 123 Å². The van der Waals surface area contributed by atoms with Gasteiger partial charge in [0.05, 0.1) is 7.11 Å². The lowest BCUT2D eigenvalue weighted by molar-refractivity contribution is 0.373. The Kier molecular flexibility index (Phi) is 3.90. The summed E-state index contributed by atoms with van der Waals surface area (Å²) in [6.07, 6.45) is 0. The number of methoxy groups -OCH3 is 1. The third-order valence-corrected chi connectivity index (χ3v) is 5.61. The topological polar surface area (TPSA) is 21.3 Å². The average Bonchev–Trinajstić information content (AvgIpc) is 2.77. The van der Waals surface area contributed by atoms with Crippen LogP contribution in [-0.4, -0.2) is 13.7 Å². The largest absolute Gasteiger partial charge is 0.496 e. The van der Waals surface area contributed by atoms with Crippen molar-refractivity contribution in [3.63, 3.8) is 0 Å². The highest BCUT2D eigenvalue weighted by Crippen LogP contribution is 2.72. The molecule has 0 aromatic heterocycles. The molecule has 0 saturated heterocycles. The first-order chi connectivity index (χ1) is 9.27. The van der Waals surface area contributed by atoms with Crippen molar-refractivity contribution >= 4 is 0 Å². The van der Waals surface area contributed by atoms with Crippen LogP contribution in [0, 0.1) is 23.7 Å². The molecule has 1 aliphatic carbocycles. The summed E-state index contributed by atoms with van der Waals surface area (Å²) in [4.78, 5) is 0. The van der Waals surface area contributed by atoms with Crippen molar-refractivity contribution in [1.29, 1.82) is 0 Å². The molecular weight excluding hydrogens is 246 g/mol. The lowest BCUT2D eigenvalue weighted by Gasteiger charge is -2.23.